The number of methoxy groups -OCH3 is 1. The highest BCUT2D eigenvalue weighted by Gasteiger charge is 2.15. The van der Waals surface area contributed by atoms with Crippen molar-refractivity contribution in [3.63, 3.8) is 0 Å². The second-order valence-electron chi connectivity index (χ2n) is 4.06. The van der Waals surface area contributed by atoms with Crippen LogP contribution in [0.1, 0.15) is 16.1 Å². The predicted octanol–water partition coefficient (Wildman–Crippen LogP) is 1.99. The number of aromatic nitrogens is 1. The number of benzene rings is 1. The monoisotopic (exact) mass is 250 g/mol. The maximum atomic E-state index is 13.1. The van der Waals surface area contributed by atoms with Gasteiger partial charge in [-0.3, -0.25) is 4.79 Å². The van der Waals surface area contributed by atoms with Crippen molar-refractivity contribution >= 4 is 16.8 Å². The first-order chi connectivity index (χ1) is 8.63. The summed E-state index contributed by atoms with van der Waals surface area (Å²) < 4.78 is 18.0. The summed E-state index contributed by atoms with van der Waals surface area (Å²) in [5.74, 6) is -0.502. The van der Waals surface area contributed by atoms with Crippen LogP contribution in [0.5, 0.6) is 0 Å². The van der Waals surface area contributed by atoms with Gasteiger partial charge in [0.1, 0.15) is 5.82 Å². The van der Waals surface area contributed by atoms with E-state index in [1.807, 2.05) is 0 Å². The third kappa shape index (κ3) is 2.36. The quantitative estimate of drug-likeness (QED) is 0.815. The maximum absolute atomic E-state index is 13.1. The van der Waals surface area contributed by atoms with Gasteiger partial charge in [-0.05, 0) is 25.1 Å². The molecule has 0 saturated carbocycles. The van der Waals surface area contributed by atoms with E-state index in [9.17, 15) is 9.18 Å². The SMILES string of the molecule is COCCNC(=O)c1c(C)[nH]c2cc(F)ccc12. The Bertz CT molecular complexity index is 578. The van der Waals surface area contributed by atoms with Gasteiger partial charge in [-0.25, -0.2) is 4.39 Å². The Morgan fingerprint density at radius 3 is 3.00 bits per heavy atom. The summed E-state index contributed by atoms with van der Waals surface area (Å²) in [6.45, 7) is 2.70. The van der Waals surface area contributed by atoms with E-state index in [1.54, 1.807) is 20.1 Å². The van der Waals surface area contributed by atoms with Gasteiger partial charge < -0.3 is 15.0 Å². The van der Waals surface area contributed by atoms with Crippen LogP contribution in [0.15, 0.2) is 18.2 Å². The smallest absolute Gasteiger partial charge is 0.253 e. The first kappa shape index (κ1) is 12.6. The van der Waals surface area contributed by atoms with Gasteiger partial charge in [0.05, 0.1) is 12.2 Å². The number of fused-ring (bicyclic) bond motifs is 1. The Morgan fingerprint density at radius 2 is 2.28 bits per heavy atom. The van der Waals surface area contributed by atoms with Gasteiger partial charge in [-0.2, -0.15) is 0 Å². The summed E-state index contributed by atoms with van der Waals surface area (Å²) in [5, 5.41) is 3.48. The van der Waals surface area contributed by atoms with Gasteiger partial charge in [0.2, 0.25) is 0 Å². The van der Waals surface area contributed by atoms with Crippen molar-refractivity contribution in [1.82, 2.24) is 10.3 Å². The number of ether oxygens (including phenoxy) is 1. The highest BCUT2D eigenvalue weighted by atomic mass is 19.1. The summed E-state index contributed by atoms with van der Waals surface area (Å²) in [5.41, 5.74) is 1.91. The first-order valence-electron chi connectivity index (χ1n) is 5.68. The third-order valence-electron chi connectivity index (χ3n) is 2.77. The zero-order valence-electron chi connectivity index (χ0n) is 10.3. The molecular weight excluding hydrogens is 235 g/mol. The molecule has 1 aromatic carbocycles. The van der Waals surface area contributed by atoms with Crippen LogP contribution in [0.4, 0.5) is 4.39 Å². The number of nitrogens with one attached hydrogen (secondary N) is 2. The molecular formula is C13H15FN2O2. The lowest BCUT2D eigenvalue weighted by atomic mass is 10.1. The van der Waals surface area contributed by atoms with Crippen LogP contribution in [0.3, 0.4) is 0 Å². The summed E-state index contributed by atoms with van der Waals surface area (Å²) in [6.07, 6.45) is 0. The van der Waals surface area contributed by atoms with Gasteiger partial charge in [0.15, 0.2) is 0 Å². The lowest BCUT2D eigenvalue weighted by Gasteiger charge is -2.04. The molecule has 1 aromatic heterocycles. The molecule has 0 radical (unpaired) electrons. The first-order valence-corrected chi connectivity index (χ1v) is 5.68. The van der Waals surface area contributed by atoms with Crippen molar-refractivity contribution in [1.29, 1.82) is 0 Å². The van der Waals surface area contributed by atoms with E-state index in [1.165, 1.54) is 12.1 Å². The minimum absolute atomic E-state index is 0.178. The van der Waals surface area contributed by atoms with Crippen LogP contribution in [-0.4, -0.2) is 31.2 Å². The molecule has 2 aromatic rings. The molecule has 2 rings (SSSR count). The Balaban J connectivity index is 2.32. The molecule has 4 nitrogen and oxygen atoms in total. The molecule has 2 N–H and O–H groups in total. The fraction of sp³-hybridized carbons (Fsp3) is 0.308. The number of rotatable bonds is 4. The van der Waals surface area contributed by atoms with Crippen LogP contribution in [0, 0.1) is 12.7 Å². The standard InChI is InChI=1S/C13H15FN2O2/c1-8-12(13(17)15-5-6-18-2)10-4-3-9(14)7-11(10)16-8/h3-4,7,16H,5-6H2,1-2H3,(H,15,17). The largest absolute Gasteiger partial charge is 0.383 e. The number of aromatic amines is 1. The molecule has 1 amide bonds. The van der Waals surface area contributed by atoms with E-state index in [2.05, 4.69) is 10.3 Å². The molecule has 0 bridgehead atoms. The number of hydrogen-bond donors (Lipinski definition) is 2. The number of hydrogen-bond acceptors (Lipinski definition) is 2. The van der Waals surface area contributed by atoms with Crippen LogP contribution < -0.4 is 5.32 Å². The molecule has 0 unspecified atom stereocenters. The van der Waals surface area contributed by atoms with Gasteiger partial charge in [-0.15, -0.1) is 0 Å². The molecule has 0 atom stereocenters. The van der Waals surface area contributed by atoms with Crippen LogP contribution in [0.25, 0.3) is 10.9 Å². The van der Waals surface area contributed by atoms with Crippen molar-refractivity contribution in [2.75, 3.05) is 20.3 Å². The van der Waals surface area contributed by atoms with E-state index in [-0.39, 0.29) is 11.7 Å². The highest BCUT2D eigenvalue weighted by Crippen LogP contribution is 2.22. The second-order valence-corrected chi connectivity index (χ2v) is 4.06. The van der Waals surface area contributed by atoms with Crippen molar-refractivity contribution in [2.45, 2.75) is 6.92 Å². The van der Waals surface area contributed by atoms with Crippen LogP contribution in [-0.2, 0) is 4.74 Å². The van der Waals surface area contributed by atoms with E-state index >= 15 is 0 Å². The summed E-state index contributed by atoms with van der Waals surface area (Å²) in [6, 6.07) is 4.34. The third-order valence-corrected chi connectivity index (χ3v) is 2.77. The maximum Gasteiger partial charge on any atom is 0.253 e. The van der Waals surface area contributed by atoms with Crippen LogP contribution >= 0.6 is 0 Å². The second kappa shape index (κ2) is 5.18. The molecule has 0 saturated heterocycles. The van der Waals surface area contributed by atoms with Gasteiger partial charge >= 0.3 is 0 Å². The molecule has 0 aliphatic heterocycles. The van der Waals surface area contributed by atoms with Crippen LogP contribution in [0.2, 0.25) is 0 Å². The lowest BCUT2D eigenvalue weighted by molar-refractivity contribution is 0.0938. The number of carbonyl (C=O) groups is 1. The zero-order valence-corrected chi connectivity index (χ0v) is 10.3. The average Bonchev–Trinajstić information content (AvgIpc) is 2.64. The molecule has 5 heteroatoms. The van der Waals surface area contributed by atoms with Crippen molar-refractivity contribution in [2.24, 2.45) is 0 Å². The van der Waals surface area contributed by atoms with Gasteiger partial charge in [0, 0.05) is 30.3 Å². The van der Waals surface area contributed by atoms with E-state index in [0.717, 1.165) is 11.1 Å². The summed E-state index contributed by atoms with van der Waals surface area (Å²) in [4.78, 5) is 15.0. The number of H-pyrrole nitrogens is 1. The Labute approximate surface area is 104 Å². The Morgan fingerprint density at radius 1 is 1.50 bits per heavy atom. The highest BCUT2D eigenvalue weighted by molar-refractivity contribution is 6.08. The Hall–Kier alpha value is -1.88. The minimum atomic E-state index is -0.324. The summed E-state index contributed by atoms with van der Waals surface area (Å²) in [7, 11) is 1.58. The molecule has 0 aliphatic rings. The number of aryl methyl sites for hydroxylation is 1. The number of amides is 1. The van der Waals surface area contributed by atoms with E-state index in [4.69, 9.17) is 4.74 Å². The van der Waals surface area contributed by atoms with E-state index < -0.39 is 0 Å². The lowest BCUT2D eigenvalue weighted by Crippen LogP contribution is -2.27. The van der Waals surface area contributed by atoms with Crippen molar-refractivity contribution in [3.8, 4) is 0 Å². The molecule has 96 valence electrons. The number of halogens is 1. The molecule has 0 spiro atoms. The van der Waals surface area contributed by atoms with Gasteiger partial charge in [0.25, 0.3) is 5.91 Å². The molecule has 0 aliphatic carbocycles. The summed E-state index contributed by atoms with van der Waals surface area (Å²) >= 11 is 0. The fourth-order valence-electron chi connectivity index (χ4n) is 1.95. The molecule has 0 fully saturated rings. The Kier molecular flexibility index (Phi) is 3.62. The predicted molar refractivity (Wildman–Crippen MR) is 67.2 cm³/mol. The minimum Gasteiger partial charge on any atom is -0.383 e. The molecule has 1 heterocycles. The number of carbonyl (C=O) groups excluding carboxylic acids is 1. The zero-order chi connectivity index (χ0) is 13.1. The molecule has 18 heavy (non-hydrogen) atoms. The van der Waals surface area contributed by atoms with E-state index in [0.29, 0.717) is 24.2 Å². The van der Waals surface area contributed by atoms with Crippen molar-refractivity contribution < 1.29 is 13.9 Å². The fourth-order valence-corrected chi connectivity index (χ4v) is 1.95. The van der Waals surface area contributed by atoms with Gasteiger partial charge in [-0.1, -0.05) is 0 Å². The van der Waals surface area contributed by atoms with Crippen molar-refractivity contribution in [3.05, 3.63) is 35.3 Å². The normalized spacial score (nSPS) is 10.8. The topological polar surface area (TPSA) is 54.1 Å². The average molecular weight is 250 g/mol.